The van der Waals surface area contributed by atoms with E-state index in [1.165, 1.54) is 41.7 Å². The molecule has 9 nitrogen and oxygen atoms in total. The van der Waals surface area contributed by atoms with Crippen LogP contribution in [0.15, 0.2) is 30.3 Å². The fourth-order valence-corrected chi connectivity index (χ4v) is 7.15. The number of benzene rings is 1. The summed E-state index contributed by atoms with van der Waals surface area (Å²) in [5, 5.41) is 3.18. The smallest absolute Gasteiger partial charge is 0.411 e. The number of amides is 3. The van der Waals surface area contributed by atoms with Gasteiger partial charge in [-0.2, -0.15) is 0 Å². The van der Waals surface area contributed by atoms with Crippen molar-refractivity contribution in [1.29, 1.82) is 0 Å². The summed E-state index contributed by atoms with van der Waals surface area (Å²) in [4.78, 5) is 55.7. The third-order valence-corrected chi connectivity index (χ3v) is 9.53. The molecule has 240 valence electrons. The number of hydrogen-bond acceptors (Lipinski definition) is 7. The molecule has 0 spiro atoms. The molecule has 2 heterocycles. The van der Waals surface area contributed by atoms with E-state index in [9.17, 15) is 19.2 Å². The highest BCUT2D eigenvalue weighted by Crippen LogP contribution is 2.30. The molecule has 0 unspecified atom stereocenters. The Morgan fingerprint density at radius 1 is 1.02 bits per heavy atom. The van der Waals surface area contributed by atoms with Crippen molar-refractivity contribution in [2.24, 2.45) is 5.92 Å². The third kappa shape index (κ3) is 11.3. The molecule has 0 radical (unpaired) electrons. The number of nitrogens with one attached hydrogen (secondary N) is 1. The van der Waals surface area contributed by atoms with Crippen molar-refractivity contribution in [2.75, 3.05) is 31.9 Å². The van der Waals surface area contributed by atoms with Gasteiger partial charge in [0.05, 0.1) is 6.54 Å². The molecule has 0 bridgehead atoms. The molecule has 1 saturated carbocycles. The minimum atomic E-state index is -0.900. The van der Waals surface area contributed by atoms with Crippen molar-refractivity contribution >= 4 is 48.0 Å². The lowest BCUT2D eigenvalue weighted by atomic mass is 9.91. The maximum Gasteiger partial charge on any atom is 0.411 e. The number of hydrogen-bond donors (Lipinski definition) is 1. The van der Waals surface area contributed by atoms with Crippen molar-refractivity contribution in [1.82, 2.24) is 19.4 Å². The molecule has 1 atom stereocenters. The fraction of sp³-hybridized carbons (Fsp3) is 0.688. The normalized spacial score (nSPS) is 20.4. The molecule has 0 aromatic heterocycles. The largest absolute Gasteiger partial charge is 0.444 e. The molecule has 1 aromatic rings. The molecule has 1 aliphatic carbocycles. The van der Waals surface area contributed by atoms with Gasteiger partial charge in [0.2, 0.25) is 5.91 Å². The van der Waals surface area contributed by atoms with E-state index in [1.54, 1.807) is 25.1 Å². The summed E-state index contributed by atoms with van der Waals surface area (Å²) >= 11 is 1.45. The number of nitrogens with zero attached hydrogens (tertiary/aromatic N) is 3. The molecule has 43 heavy (non-hydrogen) atoms. The average Bonchev–Trinajstić information content (AvgIpc) is 3.36. The van der Waals surface area contributed by atoms with Gasteiger partial charge in [0, 0.05) is 50.8 Å². The molecule has 4 rings (SSSR count). The Kier molecular flexibility index (Phi) is 13.6. The van der Waals surface area contributed by atoms with Crippen molar-refractivity contribution in [3.05, 3.63) is 35.9 Å². The van der Waals surface area contributed by atoms with Gasteiger partial charge in [0.1, 0.15) is 11.6 Å². The van der Waals surface area contributed by atoms with Gasteiger partial charge in [-0.15, -0.1) is 12.4 Å². The second-order valence-corrected chi connectivity index (χ2v) is 14.0. The van der Waals surface area contributed by atoms with Crippen molar-refractivity contribution in [2.45, 2.75) is 103 Å². The third-order valence-electron chi connectivity index (χ3n) is 8.24. The number of Topliss-reactive ketones (excluding diaryl/α,β-unsaturated/α-hetero) is 1. The Morgan fingerprint density at radius 2 is 1.70 bits per heavy atom. The predicted molar refractivity (Wildman–Crippen MR) is 172 cm³/mol. The number of piperidine rings is 1. The van der Waals surface area contributed by atoms with Crippen LogP contribution in [0.4, 0.5) is 4.79 Å². The van der Waals surface area contributed by atoms with Crippen molar-refractivity contribution < 1.29 is 23.9 Å². The summed E-state index contributed by atoms with van der Waals surface area (Å²) in [5.41, 5.74) is 0.561. The maximum absolute atomic E-state index is 13.8. The zero-order valence-electron chi connectivity index (χ0n) is 25.9. The topological polar surface area (TPSA) is 99.3 Å². The zero-order chi connectivity index (χ0) is 30.1. The number of ether oxygens (including phenoxy) is 1. The maximum atomic E-state index is 13.8. The second-order valence-electron chi connectivity index (χ2n) is 13.0. The van der Waals surface area contributed by atoms with Crippen LogP contribution in [0.3, 0.4) is 0 Å². The summed E-state index contributed by atoms with van der Waals surface area (Å²) in [6.45, 7) is 8.17. The van der Waals surface area contributed by atoms with E-state index in [-0.39, 0.29) is 62.0 Å². The SMILES string of the molecule is CC(C)(C)OC(=O)N1CC(=O)C[C@H]1C(=O)N(CCC(=O)NC1CCN(Cc2ccccc2)CC1)SCC1CCCCC1.Cl. The average molecular weight is 637 g/mol. The van der Waals surface area contributed by atoms with Gasteiger partial charge in [-0.3, -0.25) is 28.5 Å². The molecular weight excluding hydrogens is 588 g/mol. The first-order valence-electron chi connectivity index (χ1n) is 15.6. The minimum Gasteiger partial charge on any atom is -0.444 e. The van der Waals surface area contributed by atoms with E-state index >= 15 is 0 Å². The molecule has 2 saturated heterocycles. The van der Waals surface area contributed by atoms with E-state index in [1.807, 2.05) is 6.07 Å². The first-order chi connectivity index (χ1) is 20.1. The number of carbonyl (C=O) groups is 4. The van der Waals surface area contributed by atoms with E-state index < -0.39 is 17.7 Å². The Bertz CT molecular complexity index is 1070. The summed E-state index contributed by atoms with van der Waals surface area (Å²) in [7, 11) is 0. The quantitative estimate of drug-likeness (QED) is 0.352. The van der Waals surface area contributed by atoms with E-state index in [0.717, 1.165) is 51.1 Å². The fourth-order valence-electron chi connectivity index (χ4n) is 5.96. The van der Waals surface area contributed by atoms with E-state index in [0.29, 0.717) is 5.92 Å². The molecule has 3 fully saturated rings. The molecular formula is C32H49ClN4O5S. The number of carbonyl (C=O) groups excluding carboxylic acids is 4. The Labute approximate surface area is 267 Å². The molecule has 3 amide bonds. The van der Waals surface area contributed by atoms with Crippen LogP contribution in [-0.4, -0.2) is 87.4 Å². The molecule has 1 N–H and O–H groups in total. The lowest BCUT2D eigenvalue weighted by Crippen LogP contribution is -2.48. The predicted octanol–water partition coefficient (Wildman–Crippen LogP) is 5.21. The summed E-state index contributed by atoms with van der Waals surface area (Å²) < 4.78 is 7.13. The van der Waals surface area contributed by atoms with Crippen molar-refractivity contribution in [3.63, 3.8) is 0 Å². The number of likely N-dealkylation sites (tertiary alicyclic amines) is 2. The Morgan fingerprint density at radius 3 is 2.35 bits per heavy atom. The highest BCUT2D eigenvalue weighted by Gasteiger charge is 2.43. The molecule has 2 aliphatic heterocycles. The lowest BCUT2D eigenvalue weighted by Gasteiger charge is -2.33. The Balaban J connectivity index is 0.00000506. The van der Waals surface area contributed by atoms with Gasteiger partial charge in [0.25, 0.3) is 5.91 Å². The van der Waals surface area contributed by atoms with Crippen LogP contribution in [0.2, 0.25) is 0 Å². The van der Waals surface area contributed by atoms with Crippen LogP contribution < -0.4 is 5.32 Å². The molecule has 1 aromatic carbocycles. The monoisotopic (exact) mass is 636 g/mol. The molecule has 3 aliphatic rings. The lowest BCUT2D eigenvalue weighted by molar-refractivity contribution is -0.131. The second kappa shape index (κ2) is 16.7. The number of halogens is 1. The van der Waals surface area contributed by atoms with Crippen LogP contribution in [0.25, 0.3) is 0 Å². The number of rotatable bonds is 10. The first kappa shape index (κ1) is 35.2. The minimum absolute atomic E-state index is 0. The van der Waals surface area contributed by atoms with Gasteiger partial charge >= 0.3 is 6.09 Å². The van der Waals surface area contributed by atoms with Crippen molar-refractivity contribution in [3.8, 4) is 0 Å². The van der Waals surface area contributed by atoms with Gasteiger partial charge in [-0.25, -0.2) is 4.79 Å². The van der Waals surface area contributed by atoms with E-state index in [2.05, 4.69) is 34.5 Å². The molecule has 11 heteroatoms. The summed E-state index contributed by atoms with van der Waals surface area (Å²) in [6, 6.07) is 9.65. The van der Waals surface area contributed by atoms with Gasteiger partial charge in [-0.1, -0.05) is 49.6 Å². The highest BCUT2D eigenvalue weighted by molar-refractivity contribution is 7.97. The summed E-state index contributed by atoms with van der Waals surface area (Å²) in [6.07, 6.45) is 7.25. The standard InChI is InChI=1S/C32H48N4O5S.ClH/c1-32(2,3)41-31(40)35-22-27(37)20-28(35)30(39)36(42-23-25-12-8-5-9-13-25)19-16-29(38)33-26-14-17-34(18-15-26)21-24-10-6-4-7-11-24;/h4,6-7,10-11,25-26,28H,5,8-9,12-23H2,1-3H3,(H,33,38);1H/t28-;/m0./s1. The Hall–Kier alpha value is -2.30. The van der Waals surface area contributed by atoms with Crippen LogP contribution >= 0.6 is 24.4 Å². The highest BCUT2D eigenvalue weighted by atomic mass is 35.5. The van der Waals surface area contributed by atoms with Gasteiger partial charge in [-0.05, 0) is 69.9 Å². The van der Waals surface area contributed by atoms with Gasteiger partial charge in [0.15, 0.2) is 5.78 Å². The number of ketones is 1. The van der Waals surface area contributed by atoms with Crippen LogP contribution in [0.5, 0.6) is 0 Å². The summed E-state index contributed by atoms with van der Waals surface area (Å²) in [5.74, 6) is 0.794. The first-order valence-corrected chi connectivity index (χ1v) is 16.5. The van der Waals surface area contributed by atoms with Crippen LogP contribution in [0.1, 0.15) is 84.1 Å². The van der Waals surface area contributed by atoms with Crippen LogP contribution in [0, 0.1) is 5.92 Å². The van der Waals surface area contributed by atoms with Crippen LogP contribution in [-0.2, 0) is 25.7 Å². The van der Waals surface area contributed by atoms with E-state index in [4.69, 9.17) is 4.74 Å². The zero-order valence-corrected chi connectivity index (χ0v) is 27.6. The van der Waals surface area contributed by atoms with Gasteiger partial charge < -0.3 is 10.1 Å².